The molecule has 0 bridgehead atoms. The van der Waals surface area contributed by atoms with Gasteiger partial charge in [-0.3, -0.25) is 9.59 Å². The Balaban J connectivity index is 3.20. The van der Waals surface area contributed by atoms with Crippen LogP contribution in [0.25, 0.3) is 0 Å². The second kappa shape index (κ2) is 11.3. The second-order valence-electron chi connectivity index (χ2n) is 8.43. The molecule has 7 nitrogen and oxygen atoms in total. The molecule has 1 aliphatic carbocycles. The summed E-state index contributed by atoms with van der Waals surface area (Å²) < 4.78 is 16.9. The van der Waals surface area contributed by atoms with Gasteiger partial charge in [0, 0.05) is 12.5 Å². The first-order chi connectivity index (χ1) is 13.5. The van der Waals surface area contributed by atoms with Gasteiger partial charge in [0.15, 0.2) is 0 Å². The highest BCUT2D eigenvalue weighted by molar-refractivity contribution is 5.89. The quantitative estimate of drug-likeness (QED) is 0.586. The van der Waals surface area contributed by atoms with E-state index in [1.807, 2.05) is 13.8 Å². The van der Waals surface area contributed by atoms with Crippen molar-refractivity contribution >= 4 is 17.8 Å². The summed E-state index contributed by atoms with van der Waals surface area (Å²) in [5.41, 5.74) is -0.140. The first kappa shape index (κ1) is 25.1. The van der Waals surface area contributed by atoms with Crippen LogP contribution in [0.1, 0.15) is 74.1 Å². The molecule has 0 aliphatic heterocycles. The lowest BCUT2D eigenvalue weighted by atomic mass is 9.80. The van der Waals surface area contributed by atoms with E-state index in [9.17, 15) is 14.4 Å². The summed E-state index contributed by atoms with van der Waals surface area (Å²) in [6, 6.07) is -0.432. The first-order valence-electron chi connectivity index (χ1n) is 10.5. The third-order valence-electron chi connectivity index (χ3n) is 4.73. The van der Waals surface area contributed by atoms with Crippen LogP contribution in [0.3, 0.4) is 0 Å². The Morgan fingerprint density at radius 3 is 2.28 bits per heavy atom. The fraction of sp³-hybridized carbons (Fsp3) is 0.773. The van der Waals surface area contributed by atoms with Crippen molar-refractivity contribution in [1.29, 1.82) is 0 Å². The third-order valence-corrected chi connectivity index (χ3v) is 4.73. The molecule has 1 N–H and O–H groups in total. The van der Waals surface area contributed by atoms with E-state index in [2.05, 4.69) is 5.32 Å². The number of hydrogen-bond donors (Lipinski definition) is 1. The monoisotopic (exact) mass is 411 g/mol. The molecule has 0 aromatic carbocycles. The van der Waals surface area contributed by atoms with Gasteiger partial charge in [-0.1, -0.05) is 13.8 Å². The molecule has 3 atom stereocenters. The van der Waals surface area contributed by atoms with Gasteiger partial charge in [0.1, 0.15) is 5.60 Å². The van der Waals surface area contributed by atoms with Gasteiger partial charge in [-0.15, -0.1) is 0 Å². The average molecular weight is 412 g/mol. The second-order valence-corrected chi connectivity index (χ2v) is 8.43. The van der Waals surface area contributed by atoms with Crippen LogP contribution in [-0.4, -0.2) is 48.3 Å². The molecule has 0 spiro atoms. The first-order valence-corrected chi connectivity index (χ1v) is 10.5. The molecule has 0 fully saturated rings. The van der Waals surface area contributed by atoms with Crippen LogP contribution in [-0.2, 0) is 28.6 Å². The van der Waals surface area contributed by atoms with Crippen LogP contribution >= 0.6 is 0 Å². The normalized spacial score (nSPS) is 22.1. The molecule has 1 aliphatic rings. The minimum absolute atomic E-state index is 0.0174. The van der Waals surface area contributed by atoms with Gasteiger partial charge in [-0.2, -0.15) is 0 Å². The van der Waals surface area contributed by atoms with E-state index in [4.69, 9.17) is 14.2 Å². The van der Waals surface area contributed by atoms with Crippen LogP contribution in [0.4, 0.5) is 0 Å². The van der Waals surface area contributed by atoms with E-state index in [-0.39, 0.29) is 36.9 Å². The predicted octanol–water partition coefficient (Wildman–Crippen LogP) is 3.31. The molecule has 0 saturated carbocycles. The van der Waals surface area contributed by atoms with Gasteiger partial charge in [0.25, 0.3) is 0 Å². The molecule has 1 amide bonds. The van der Waals surface area contributed by atoms with Gasteiger partial charge < -0.3 is 19.5 Å². The summed E-state index contributed by atoms with van der Waals surface area (Å²) in [6.45, 7) is 12.9. The van der Waals surface area contributed by atoms with Crippen molar-refractivity contribution < 1.29 is 28.6 Å². The summed E-state index contributed by atoms with van der Waals surface area (Å²) in [6.07, 6.45) is 3.19. The van der Waals surface area contributed by atoms with Crippen molar-refractivity contribution in [2.45, 2.75) is 98.0 Å². The smallest absolute Gasteiger partial charge is 0.333 e. The van der Waals surface area contributed by atoms with Crippen molar-refractivity contribution in [1.82, 2.24) is 5.32 Å². The fourth-order valence-electron chi connectivity index (χ4n) is 3.48. The highest BCUT2D eigenvalue weighted by atomic mass is 16.6. The van der Waals surface area contributed by atoms with E-state index < -0.39 is 23.7 Å². The number of carbonyl (C=O) groups excluding carboxylic acids is 3. The predicted molar refractivity (Wildman–Crippen MR) is 110 cm³/mol. The van der Waals surface area contributed by atoms with Crippen molar-refractivity contribution in [3.63, 3.8) is 0 Å². The SMILES string of the molecule is CCOC(=O)C1=C[C@@H](OC(CC)CC)C(NC(C)=O)[C@@H](CC(=O)OC(C)(C)C)C1. The molecule has 0 heterocycles. The lowest BCUT2D eigenvalue weighted by molar-refractivity contribution is -0.157. The maximum absolute atomic E-state index is 12.5. The maximum Gasteiger partial charge on any atom is 0.333 e. The Morgan fingerprint density at radius 2 is 1.79 bits per heavy atom. The zero-order valence-corrected chi connectivity index (χ0v) is 18.9. The van der Waals surface area contributed by atoms with E-state index in [0.29, 0.717) is 12.0 Å². The minimum Gasteiger partial charge on any atom is -0.463 e. The summed E-state index contributed by atoms with van der Waals surface area (Å²) in [5, 5.41) is 2.93. The largest absolute Gasteiger partial charge is 0.463 e. The Morgan fingerprint density at radius 1 is 1.17 bits per heavy atom. The number of carbonyl (C=O) groups is 3. The number of esters is 2. The summed E-state index contributed by atoms with van der Waals surface area (Å²) >= 11 is 0. The van der Waals surface area contributed by atoms with Crippen molar-refractivity contribution in [2.24, 2.45) is 5.92 Å². The molecule has 0 aromatic heterocycles. The Kier molecular flexibility index (Phi) is 9.83. The molecule has 29 heavy (non-hydrogen) atoms. The molecule has 1 unspecified atom stereocenters. The van der Waals surface area contributed by atoms with Crippen LogP contribution in [0, 0.1) is 5.92 Å². The van der Waals surface area contributed by atoms with E-state index in [1.54, 1.807) is 33.8 Å². The summed E-state index contributed by atoms with van der Waals surface area (Å²) in [7, 11) is 0. The van der Waals surface area contributed by atoms with Gasteiger partial charge in [0.2, 0.25) is 5.91 Å². The average Bonchev–Trinajstić information content (AvgIpc) is 2.59. The van der Waals surface area contributed by atoms with Crippen LogP contribution in [0.2, 0.25) is 0 Å². The number of nitrogens with one attached hydrogen (secondary N) is 1. The molecular formula is C22H37NO6. The number of ether oxygens (including phenoxy) is 3. The summed E-state index contributed by atoms with van der Waals surface area (Å²) in [4.78, 5) is 36.8. The maximum atomic E-state index is 12.5. The van der Waals surface area contributed by atoms with E-state index in [0.717, 1.165) is 12.8 Å². The lowest BCUT2D eigenvalue weighted by Gasteiger charge is -2.38. The topological polar surface area (TPSA) is 90.9 Å². The zero-order chi connectivity index (χ0) is 22.2. The Hall–Kier alpha value is -1.89. The molecule has 7 heteroatoms. The van der Waals surface area contributed by atoms with Crippen LogP contribution in [0.5, 0.6) is 0 Å². The molecule has 166 valence electrons. The molecule has 0 saturated heterocycles. The lowest BCUT2D eigenvalue weighted by Crippen LogP contribution is -2.52. The van der Waals surface area contributed by atoms with Gasteiger partial charge in [-0.25, -0.2) is 4.79 Å². The molecule has 0 aromatic rings. The highest BCUT2D eigenvalue weighted by Crippen LogP contribution is 2.32. The molecular weight excluding hydrogens is 374 g/mol. The van der Waals surface area contributed by atoms with Gasteiger partial charge >= 0.3 is 11.9 Å². The van der Waals surface area contributed by atoms with Crippen LogP contribution < -0.4 is 5.32 Å². The molecule has 0 radical (unpaired) electrons. The van der Waals surface area contributed by atoms with Crippen molar-refractivity contribution in [3.05, 3.63) is 11.6 Å². The zero-order valence-electron chi connectivity index (χ0n) is 18.9. The van der Waals surface area contributed by atoms with Crippen molar-refractivity contribution in [3.8, 4) is 0 Å². The number of hydrogen-bond acceptors (Lipinski definition) is 6. The van der Waals surface area contributed by atoms with Crippen molar-refractivity contribution in [2.75, 3.05) is 6.61 Å². The molecule has 1 rings (SSSR count). The number of amides is 1. The minimum atomic E-state index is -0.611. The van der Waals surface area contributed by atoms with Crippen LogP contribution in [0.15, 0.2) is 11.6 Å². The highest BCUT2D eigenvalue weighted by Gasteiger charge is 2.39. The van der Waals surface area contributed by atoms with E-state index >= 15 is 0 Å². The van der Waals surface area contributed by atoms with E-state index in [1.165, 1.54) is 6.92 Å². The third kappa shape index (κ3) is 8.56. The van der Waals surface area contributed by atoms with Gasteiger partial charge in [0.05, 0.1) is 31.3 Å². The standard InChI is InChI=1S/C22H37NO6/c1-8-17(9-2)28-18-12-16(21(26)27-10-3)11-15(20(18)23-14(4)24)13-19(25)29-22(5,6)7/h12,15,17-18,20H,8-11,13H2,1-7H3,(H,23,24)/t15-,18-,20?/m1/s1. The summed E-state index contributed by atoms with van der Waals surface area (Å²) in [5.74, 6) is -1.34. The van der Waals surface area contributed by atoms with Gasteiger partial charge in [-0.05, 0) is 59.0 Å². The Bertz CT molecular complexity index is 603. The number of rotatable bonds is 9. The Labute approximate surface area is 174 Å². The fourth-order valence-corrected chi connectivity index (χ4v) is 3.48.